The number of nitrogens with zero attached hydrogens (tertiary/aromatic N) is 3. The van der Waals surface area contributed by atoms with E-state index in [-0.39, 0.29) is 66.1 Å². The van der Waals surface area contributed by atoms with Gasteiger partial charge in [0.2, 0.25) is 11.8 Å². The van der Waals surface area contributed by atoms with Crippen LogP contribution in [0.1, 0.15) is 120 Å². The number of nitrogens with two attached hydrogens (primary N) is 1. The van der Waals surface area contributed by atoms with Crippen molar-refractivity contribution in [1.29, 1.82) is 0 Å². The summed E-state index contributed by atoms with van der Waals surface area (Å²) in [6, 6.07) is 3.08. The van der Waals surface area contributed by atoms with Crippen LogP contribution in [0.25, 0.3) is 0 Å². The summed E-state index contributed by atoms with van der Waals surface area (Å²) < 4.78 is 51.0. The number of methoxy groups -OCH3 is 1. The van der Waals surface area contributed by atoms with Crippen LogP contribution in [0.5, 0.6) is 0 Å². The Kier molecular flexibility index (Phi) is 24.0. The molecule has 2 fully saturated rings. The molecule has 8 amide bonds. The molecule has 2 aromatic carbocycles. The summed E-state index contributed by atoms with van der Waals surface area (Å²) >= 11 is 12.5. The first kappa shape index (κ1) is 71.0. The van der Waals surface area contributed by atoms with Crippen LogP contribution in [0, 0.1) is 18.8 Å². The van der Waals surface area contributed by atoms with E-state index in [1.807, 2.05) is 26.0 Å². The number of aliphatic hydroxyl groups is 1. The average Bonchev–Trinajstić information content (AvgIpc) is 1.60. The van der Waals surface area contributed by atoms with Gasteiger partial charge in [-0.1, -0.05) is 86.9 Å². The molecule has 4 heterocycles. The van der Waals surface area contributed by atoms with Gasteiger partial charge in [0, 0.05) is 77.0 Å². The number of sulfone groups is 1. The highest BCUT2D eigenvalue weighted by molar-refractivity contribution is 7.90. The number of anilines is 1. The normalized spacial score (nSPS) is 24.9. The first-order chi connectivity index (χ1) is 41.7. The number of imide groups is 1. The minimum atomic E-state index is -4.18. The third kappa shape index (κ3) is 18.1. The Morgan fingerprint density at radius 3 is 2.34 bits per heavy atom. The summed E-state index contributed by atoms with van der Waals surface area (Å²) in [7, 11) is 0.0501. The lowest BCUT2D eigenvalue weighted by atomic mass is 9.83. The van der Waals surface area contributed by atoms with E-state index in [9.17, 15) is 56.7 Å². The summed E-state index contributed by atoms with van der Waals surface area (Å²) in [5.41, 5.74) is 4.56. The van der Waals surface area contributed by atoms with Crippen LogP contribution >= 0.6 is 23.8 Å². The van der Waals surface area contributed by atoms with E-state index in [4.69, 9.17) is 48.5 Å². The number of aryl methyl sites for hydroxylation is 1. The second-order valence-corrected chi connectivity index (χ2v) is 26.8. The standard InChI is InChI=1S/C62H83ClN8O16S2/c1-34(2)54(67-49(88)20-13-12-14-26-71-50(73)23-24-51(71)74)56(76)66-42(18-16-25-65-59(64)79)44(72)30-40-21-22-41(31-46(40)89(11,82)83)57(77)69(8)38(6)58(78)86-48-32-52(75)70(9)43-29-39(28-36(4)53(43)63)27-35(3)17-15-19-47(84-10)62(81)33-45(85-60(80)68-62)37(5)55-61(48,7)87-55/h15,17,19,21-24,28-29,31,34,37-38,42,45,47-48,54-55,81H,12-14,16,18,20,25-27,30,32-33H2,1-11H3,(H,66,76)(H,67,88)(H,68,80)(H3,64,65,79)/b19-15+,35-17+/t37-,38+,42+,45+,47-,48+,54+,55+,61+,62+/m1/s1. The van der Waals surface area contributed by atoms with Crippen molar-refractivity contribution in [3.05, 3.63) is 93.6 Å². The minimum Gasteiger partial charge on any atom is -0.457 e. The number of alkyl carbamates (subject to hydrolysis) is 1. The molecule has 10 atom stereocenters. The molecule has 6 rings (SSSR count). The van der Waals surface area contributed by atoms with Crippen molar-refractivity contribution in [1.82, 2.24) is 31.1 Å². The fraction of sp³-hybridized carbons (Fsp3) is 0.548. The quantitative estimate of drug-likeness (QED) is 0.0280. The number of hydrogen-bond acceptors (Lipinski definition) is 17. The zero-order chi connectivity index (χ0) is 66.0. The number of likely N-dealkylation sites (N-methyl/N-ethyl adjacent to an activating group) is 1. The predicted octanol–water partition coefficient (Wildman–Crippen LogP) is 5.00. The molecule has 2 saturated heterocycles. The molecule has 27 heteroatoms. The molecule has 0 aliphatic carbocycles. The smallest absolute Gasteiger partial charge is 0.409 e. The van der Waals surface area contributed by atoms with Crippen molar-refractivity contribution in [3.8, 4) is 0 Å². The summed E-state index contributed by atoms with van der Waals surface area (Å²) in [5.74, 6) is -5.22. The molecule has 0 radical (unpaired) electrons. The molecule has 0 spiro atoms. The number of benzene rings is 2. The third-order valence-electron chi connectivity index (χ3n) is 16.7. The highest BCUT2D eigenvalue weighted by atomic mass is 35.5. The number of primary amides is 1. The first-order valence-corrected chi connectivity index (χ1v) is 32.2. The molecule has 4 bridgehead atoms. The Bertz CT molecular complexity index is 3280. The Morgan fingerprint density at radius 2 is 1.70 bits per heavy atom. The van der Waals surface area contributed by atoms with Crippen LogP contribution in [-0.2, 0) is 70.4 Å². The number of esters is 1. The van der Waals surface area contributed by atoms with Gasteiger partial charge >= 0.3 is 18.1 Å². The van der Waals surface area contributed by atoms with E-state index in [2.05, 4.69) is 21.3 Å². The summed E-state index contributed by atoms with van der Waals surface area (Å²) in [4.78, 5) is 124. The van der Waals surface area contributed by atoms with Crippen molar-refractivity contribution < 1.29 is 75.6 Å². The number of ether oxygens (including phenoxy) is 4. The summed E-state index contributed by atoms with van der Waals surface area (Å²) in [6.45, 7) is 12.3. The molecule has 0 unspecified atom stereocenters. The van der Waals surface area contributed by atoms with Crippen LogP contribution in [0.15, 0.2) is 71.2 Å². The van der Waals surface area contributed by atoms with Crippen molar-refractivity contribution in [2.24, 2.45) is 17.6 Å². The van der Waals surface area contributed by atoms with Crippen molar-refractivity contribution in [2.75, 3.05) is 45.5 Å². The lowest BCUT2D eigenvalue weighted by Gasteiger charge is -2.42. The maximum atomic E-state index is 14.5. The molecule has 486 valence electrons. The van der Waals surface area contributed by atoms with Gasteiger partial charge in [0.05, 0.1) is 39.2 Å². The number of thiocarbonyl (C=S) groups is 1. The molecule has 2 aromatic rings. The number of hydrogen-bond donors (Lipinski definition) is 6. The number of carbonyl (C=O) groups excluding carboxylic acids is 9. The van der Waals surface area contributed by atoms with Gasteiger partial charge in [-0.05, 0) is 107 Å². The molecule has 0 saturated carbocycles. The Hall–Kier alpha value is -7.10. The lowest BCUT2D eigenvalue weighted by molar-refractivity contribution is -0.158. The number of Topliss-reactive ketones (excluding diaryl/α,β-unsaturated/α-hetero) is 1. The van der Waals surface area contributed by atoms with Gasteiger partial charge < -0.3 is 55.5 Å². The number of rotatable bonds is 23. The van der Waals surface area contributed by atoms with E-state index in [0.717, 1.165) is 33.3 Å². The number of halogens is 1. The number of epoxide rings is 1. The fourth-order valence-corrected chi connectivity index (χ4v) is 12.6. The highest BCUT2D eigenvalue weighted by Crippen LogP contribution is 2.49. The van der Waals surface area contributed by atoms with Gasteiger partial charge in [-0.15, -0.1) is 0 Å². The van der Waals surface area contributed by atoms with E-state index in [1.165, 1.54) is 57.3 Å². The van der Waals surface area contributed by atoms with Crippen LogP contribution in [0.2, 0.25) is 5.02 Å². The minimum absolute atomic E-state index is 0.000165. The number of urea groups is 1. The largest absolute Gasteiger partial charge is 0.457 e. The molecule has 4 aliphatic rings. The number of amides is 8. The van der Waals surface area contributed by atoms with Crippen LogP contribution in [0.4, 0.5) is 15.3 Å². The van der Waals surface area contributed by atoms with Gasteiger partial charge in [-0.25, -0.2) is 22.8 Å². The number of unbranched alkanes of at least 4 members (excludes halogenated alkanes) is 2. The second-order valence-electron chi connectivity index (χ2n) is 23.9. The SMILES string of the molecule is CO[C@@H]1/C=C/C=C(\C)Cc2cc(C)c(Cl)c(c2)N(C)C(=O)C[C@H](OC(=O)[C@H](C)N(C)C(=O)c2ccc(CC(=O)[C@H](CCCNC(N)=O)NC(=O)[C@@H](NC(=S)CCCCCN3C(=O)C=CC3=O)C(C)C)c(S(C)(=O)=O)c2)[C@]2(C)O[C@H]2[C@H](C)[C@@H]2C[C@@]1(O)NC(=O)O2. The monoisotopic (exact) mass is 1290 g/mol. The van der Waals surface area contributed by atoms with Gasteiger partial charge in [0.1, 0.15) is 36.0 Å². The van der Waals surface area contributed by atoms with E-state index < -0.39 is 124 Å². The van der Waals surface area contributed by atoms with Gasteiger partial charge in [0.25, 0.3) is 17.7 Å². The third-order valence-corrected chi connectivity index (χ3v) is 18.6. The first-order valence-electron chi connectivity index (χ1n) is 29.5. The predicted molar refractivity (Wildman–Crippen MR) is 334 cm³/mol. The molecule has 24 nitrogen and oxygen atoms in total. The number of nitrogens with one attached hydrogen (secondary N) is 4. The summed E-state index contributed by atoms with van der Waals surface area (Å²) in [5, 5.41) is 23.1. The fourth-order valence-electron chi connectivity index (χ4n) is 11.2. The van der Waals surface area contributed by atoms with Gasteiger partial charge in [-0.2, -0.15) is 0 Å². The zero-order valence-corrected chi connectivity index (χ0v) is 54.5. The van der Waals surface area contributed by atoms with Crippen LogP contribution < -0.4 is 31.9 Å². The van der Waals surface area contributed by atoms with Gasteiger partial charge in [-0.3, -0.25) is 39.0 Å². The Morgan fingerprint density at radius 1 is 1.01 bits per heavy atom. The molecule has 4 aliphatic heterocycles. The zero-order valence-electron chi connectivity index (χ0n) is 52.1. The molecular weight excluding hydrogens is 1210 g/mol. The second kappa shape index (κ2) is 30.1. The van der Waals surface area contributed by atoms with Crippen molar-refractivity contribution in [2.45, 2.75) is 171 Å². The van der Waals surface area contributed by atoms with Gasteiger partial charge in [0.15, 0.2) is 21.3 Å². The van der Waals surface area contributed by atoms with Crippen molar-refractivity contribution >= 4 is 97.7 Å². The molecule has 89 heavy (non-hydrogen) atoms. The maximum absolute atomic E-state index is 14.5. The number of fused-ring (bicyclic) bond motifs is 5. The number of ketones is 1. The van der Waals surface area contributed by atoms with Crippen LogP contribution in [-0.4, -0.2) is 176 Å². The number of carbonyl (C=O) groups is 9. The Labute approximate surface area is 529 Å². The molecule has 7 N–H and O–H groups in total. The highest BCUT2D eigenvalue weighted by Gasteiger charge is 2.64. The average molecular weight is 1300 g/mol. The van der Waals surface area contributed by atoms with E-state index in [0.29, 0.717) is 53.4 Å². The maximum Gasteiger partial charge on any atom is 0.409 e. The van der Waals surface area contributed by atoms with Crippen LogP contribution in [0.3, 0.4) is 0 Å². The number of allylic oxidation sites excluding steroid dienone is 3. The topological polar surface area (TPSA) is 332 Å². The lowest BCUT2D eigenvalue weighted by Crippen LogP contribution is -2.63. The Balaban J connectivity index is 1.20. The van der Waals surface area contributed by atoms with Crippen molar-refractivity contribution in [3.63, 3.8) is 0 Å². The molecule has 0 aromatic heterocycles. The molecular formula is C62H83ClN8O16S2. The summed E-state index contributed by atoms with van der Waals surface area (Å²) in [6.07, 6.45) is 5.13. The van der Waals surface area contributed by atoms with E-state index in [1.54, 1.807) is 45.9 Å². The van der Waals surface area contributed by atoms with E-state index >= 15 is 0 Å².